The van der Waals surface area contributed by atoms with Crippen LogP contribution in [-0.2, 0) is 23.7 Å². The van der Waals surface area contributed by atoms with Crippen molar-refractivity contribution >= 4 is 6.21 Å². The number of aliphatic hydroxyl groups is 8. The van der Waals surface area contributed by atoms with Crippen molar-refractivity contribution in [2.45, 2.75) is 98.9 Å². The summed E-state index contributed by atoms with van der Waals surface area (Å²) in [4.78, 5) is 4.16. The predicted molar refractivity (Wildman–Crippen MR) is 117 cm³/mol. The van der Waals surface area contributed by atoms with Crippen LogP contribution in [0.15, 0.2) is 4.99 Å². The Bertz CT molecular complexity index is 718. The van der Waals surface area contributed by atoms with Crippen LogP contribution in [0.3, 0.4) is 0 Å². The van der Waals surface area contributed by atoms with Crippen LogP contribution in [0, 0.1) is 0 Å². The maximum atomic E-state index is 11.1. The Labute approximate surface area is 206 Å². The van der Waals surface area contributed by atoms with Gasteiger partial charge in [-0.15, -0.1) is 0 Å². The number of ether oxygens (including phenoxy) is 5. The van der Waals surface area contributed by atoms with Gasteiger partial charge in [-0.3, -0.25) is 4.99 Å². The van der Waals surface area contributed by atoms with E-state index in [1.165, 1.54) is 6.21 Å². The number of nitrogens with zero attached hydrogens (tertiary/aromatic N) is 1. The van der Waals surface area contributed by atoms with Crippen molar-refractivity contribution in [1.29, 1.82) is 0 Å². The van der Waals surface area contributed by atoms with Crippen LogP contribution in [-0.4, -0.2) is 159 Å². The van der Waals surface area contributed by atoms with E-state index in [0.29, 0.717) is 0 Å². The van der Waals surface area contributed by atoms with Crippen molar-refractivity contribution in [3.05, 3.63) is 0 Å². The molecule has 0 spiro atoms. The highest BCUT2D eigenvalue weighted by atomic mass is 16.7. The third-order valence-corrected chi connectivity index (χ3v) is 6.57. The summed E-state index contributed by atoms with van der Waals surface area (Å²) in [5.41, 5.74) is 11.7. The van der Waals surface area contributed by atoms with Crippen molar-refractivity contribution in [1.82, 2.24) is 0 Å². The van der Waals surface area contributed by atoms with Crippen molar-refractivity contribution in [3.63, 3.8) is 0 Å². The van der Waals surface area contributed by atoms with Gasteiger partial charge in [-0.1, -0.05) is 0 Å². The summed E-state index contributed by atoms with van der Waals surface area (Å²) in [5, 5.41) is 80.7. The second kappa shape index (κ2) is 12.7. The number of aliphatic imine (C=N–C) groups is 1. The smallest absolute Gasteiger partial charge is 0.183 e. The van der Waals surface area contributed by atoms with Crippen LogP contribution in [0.25, 0.3) is 0 Å². The molecular formula is C20H37N3O13. The van der Waals surface area contributed by atoms with Crippen molar-refractivity contribution in [2.24, 2.45) is 16.5 Å². The number of rotatable bonds is 8. The van der Waals surface area contributed by atoms with Crippen LogP contribution < -0.4 is 11.5 Å². The lowest BCUT2D eigenvalue weighted by molar-refractivity contribution is -0.347. The first-order valence-corrected chi connectivity index (χ1v) is 11.6. The molecule has 0 aliphatic carbocycles. The van der Waals surface area contributed by atoms with Gasteiger partial charge >= 0.3 is 0 Å². The molecule has 0 bridgehead atoms. The Kier molecular flexibility index (Phi) is 10.5. The lowest BCUT2D eigenvalue weighted by Gasteiger charge is -2.48. The van der Waals surface area contributed by atoms with Gasteiger partial charge in [0.2, 0.25) is 0 Å². The highest BCUT2D eigenvalue weighted by Gasteiger charge is 2.53. The quantitative estimate of drug-likeness (QED) is 0.131. The fraction of sp³-hybridized carbons (Fsp3) is 0.950. The van der Waals surface area contributed by atoms with E-state index in [1.807, 2.05) is 0 Å². The summed E-state index contributed by atoms with van der Waals surface area (Å²) in [6.45, 7) is -0.422. The first-order valence-electron chi connectivity index (χ1n) is 11.6. The lowest BCUT2D eigenvalue weighted by Crippen LogP contribution is -2.67. The van der Waals surface area contributed by atoms with E-state index in [0.717, 1.165) is 0 Å². The topological polar surface area (TPSA) is 272 Å². The monoisotopic (exact) mass is 527 g/mol. The summed E-state index contributed by atoms with van der Waals surface area (Å²) >= 11 is 0. The fourth-order valence-electron chi connectivity index (χ4n) is 4.47. The van der Waals surface area contributed by atoms with E-state index >= 15 is 0 Å². The average Bonchev–Trinajstić information content (AvgIpc) is 2.87. The molecule has 3 heterocycles. The zero-order chi connectivity index (χ0) is 26.7. The van der Waals surface area contributed by atoms with Crippen molar-refractivity contribution in [2.75, 3.05) is 19.8 Å². The van der Waals surface area contributed by atoms with E-state index < -0.39 is 112 Å². The summed E-state index contributed by atoms with van der Waals surface area (Å²) in [5.74, 6) is 0. The van der Waals surface area contributed by atoms with Crippen LogP contribution in [0.5, 0.6) is 0 Å². The zero-order valence-electron chi connectivity index (χ0n) is 19.6. The Morgan fingerprint density at radius 1 is 0.694 bits per heavy atom. The van der Waals surface area contributed by atoms with Gasteiger partial charge in [-0.2, -0.15) is 0 Å². The molecule has 3 aliphatic heterocycles. The molecule has 0 aromatic heterocycles. The van der Waals surface area contributed by atoms with Gasteiger partial charge < -0.3 is 76.0 Å². The van der Waals surface area contributed by atoms with Gasteiger partial charge in [0.05, 0.1) is 31.9 Å². The summed E-state index contributed by atoms with van der Waals surface area (Å²) < 4.78 is 28.0. The molecule has 12 N–H and O–H groups in total. The molecule has 16 nitrogen and oxygen atoms in total. The second-order valence-electron chi connectivity index (χ2n) is 8.92. The average molecular weight is 528 g/mol. The second-order valence-corrected chi connectivity index (χ2v) is 8.92. The van der Waals surface area contributed by atoms with Gasteiger partial charge in [0.25, 0.3) is 0 Å². The molecule has 0 aromatic carbocycles. The van der Waals surface area contributed by atoms with Gasteiger partial charge in [-0.25, -0.2) is 0 Å². The molecule has 210 valence electrons. The molecule has 3 fully saturated rings. The Morgan fingerprint density at radius 3 is 1.81 bits per heavy atom. The zero-order valence-corrected chi connectivity index (χ0v) is 19.6. The van der Waals surface area contributed by atoms with Gasteiger partial charge in [-0.05, 0) is 13.1 Å². The summed E-state index contributed by atoms with van der Waals surface area (Å²) in [7, 11) is 0. The number of nitrogens with two attached hydrogens (primary N) is 2. The molecular weight excluding hydrogens is 490 g/mol. The summed E-state index contributed by atoms with van der Waals surface area (Å²) in [6, 6.07) is -3.74. The Balaban J connectivity index is 1.80. The predicted octanol–water partition coefficient (Wildman–Crippen LogP) is -6.54. The standard InChI is InChI=1S/C20H37N3O13/c1-2-23-11-15(30)17(35-19-10(22)13(28)12(27)6(3-24)33-19)8(5-26)34-20(11)36-16-7(4-25)32-18(31)9(21)14(16)29/h2,6-20,24-31H,3-5,21-22H2,1H3/t6-,7-,8-,9-,10-,11-,12-,13-,14-,15-,16?,17?,18-,19+,20+/m1/s1. The first kappa shape index (κ1) is 29.6. The molecule has 16 heteroatoms. The Morgan fingerprint density at radius 2 is 1.22 bits per heavy atom. The minimum atomic E-state index is -1.56. The van der Waals surface area contributed by atoms with E-state index in [4.69, 9.17) is 35.2 Å². The normalized spacial score (nSPS) is 50.5. The van der Waals surface area contributed by atoms with E-state index in [9.17, 15) is 40.9 Å². The van der Waals surface area contributed by atoms with E-state index in [-0.39, 0.29) is 0 Å². The molecule has 0 saturated carbocycles. The third-order valence-electron chi connectivity index (χ3n) is 6.57. The van der Waals surface area contributed by atoms with Gasteiger partial charge in [0.1, 0.15) is 61.0 Å². The van der Waals surface area contributed by atoms with Crippen LogP contribution in [0.1, 0.15) is 6.92 Å². The maximum absolute atomic E-state index is 11.1. The molecule has 0 aromatic rings. The van der Waals surface area contributed by atoms with E-state index in [2.05, 4.69) is 4.99 Å². The highest BCUT2D eigenvalue weighted by molar-refractivity contribution is 5.53. The maximum Gasteiger partial charge on any atom is 0.183 e. The molecule has 3 aliphatic rings. The summed E-state index contributed by atoms with van der Waals surface area (Å²) in [6.07, 6.45) is -15.3. The minimum absolute atomic E-state index is 0.644. The van der Waals surface area contributed by atoms with E-state index in [1.54, 1.807) is 6.92 Å². The molecule has 3 rings (SSSR count). The van der Waals surface area contributed by atoms with Crippen LogP contribution in [0.4, 0.5) is 0 Å². The van der Waals surface area contributed by atoms with Crippen molar-refractivity contribution in [3.8, 4) is 0 Å². The molecule has 36 heavy (non-hydrogen) atoms. The van der Waals surface area contributed by atoms with Crippen LogP contribution in [0.2, 0.25) is 0 Å². The molecule has 15 atom stereocenters. The minimum Gasteiger partial charge on any atom is -0.394 e. The molecule has 2 unspecified atom stereocenters. The van der Waals surface area contributed by atoms with Crippen molar-refractivity contribution < 1.29 is 64.5 Å². The SMILES string of the molecule is CC=N[C@H]1[C@H](OC2[C@@H](CO)O[C@@H](O)[C@H](N)[C@H]2O)O[C@H](CO)C(O[C@@H]2O[C@H](CO)[C@@H](O)[C@H](O)[C@H]2N)[C@@H]1O. The molecule has 0 amide bonds. The van der Waals surface area contributed by atoms with Crippen LogP contribution >= 0.6 is 0 Å². The number of hydrogen-bond donors (Lipinski definition) is 10. The molecule has 0 radical (unpaired) electrons. The van der Waals surface area contributed by atoms with Gasteiger partial charge in [0.15, 0.2) is 18.9 Å². The highest BCUT2D eigenvalue weighted by Crippen LogP contribution is 2.32. The Hall–Kier alpha value is -0.930. The fourth-order valence-corrected chi connectivity index (χ4v) is 4.47. The first-order chi connectivity index (χ1) is 17.1. The number of aliphatic hydroxyl groups excluding tert-OH is 8. The lowest BCUT2D eigenvalue weighted by atomic mass is 9.94. The molecule has 3 saturated heterocycles. The largest absolute Gasteiger partial charge is 0.394 e. The third kappa shape index (κ3) is 5.88. The van der Waals surface area contributed by atoms with Gasteiger partial charge in [0, 0.05) is 0 Å². The number of hydrogen-bond acceptors (Lipinski definition) is 16.